The van der Waals surface area contributed by atoms with Crippen molar-refractivity contribution in [3.63, 3.8) is 0 Å². The summed E-state index contributed by atoms with van der Waals surface area (Å²) in [4.78, 5) is 18.6. The quantitative estimate of drug-likeness (QED) is 0.438. The van der Waals surface area contributed by atoms with Gasteiger partial charge in [0.1, 0.15) is 17.6 Å². The molecule has 36 heavy (non-hydrogen) atoms. The number of ether oxygens (including phenoxy) is 1. The van der Waals surface area contributed by atoms with Crippen LogP contribution in [0.1, 0.15) is 46.0 Å². The van der Waals surface area contributed by atoms with Gasteiger partial charge in [-0.05, 0) is 55.5 Å². The largest absolute Gasteiger partial charge is 0.385 e. The van der Waals surface area contributed by atoms with Gasteiger partial charge in [-0.1, -0.05) is 17.0 Å². The van der Waals surface area contributed by atoms with E-state index in [1.165, 1.54) is 0 Å². The van der Waals surface area contributed by atoms with Crippen LogP contribution in [0.5, 0.6) is 0 Å². The first kappa shape index (κ1) is 23.5. The number of hydrogen-bond acceptors (Lipinski definition) is 6. The lowest BCUT2D eigenvalue weighted by Crippen LogP contribution is -2.40. The summed E-state index contributed by atoms with van der Waals surface area (Å²) >= 11 is 0. The van der Waals surface area contributed by atoms with E-state index in [-0.39, 0.29) is 5.91 Å². The smallest absolute Gasteiger partial charge is 0.254 e. The molecule has 1 fully saturated rings. The van der Waals surface area contributed by atoms with Gasteiger partial charge in [-0.25, -0.2) is 4.98 Å². The van der Waals surface area contributed by atoms with E-state index in [1.54, 1.807) is 19.3 Å². The zero-order chi connectivity index (χ0) is 24.9. The highest BCUT2D eigenvalue weighted by Gasteiger charge is 2.18. The number of aliphatic hydroxyl groups is 1. The number of hydrogen-bond donors (Lipinski definition) is 1. The van der Waals surface area contributed by atoms with Crippen molar-refractivity contribution in [3.05, 3.63) is 95.2 Å². The van der Waals surface area contributed by atoms with Crippen LogP contribution in [-0.4, -0.2) is 56.9 Å². The van der Waals surface area contributed by atoms with Gasteiger partial charge in [0.25, 0.3) is 5.91 Å². The van der Waals surface area contributed by atoms with E-state index in [0.717, 1.165) is 22.4 Å². The minimum atomic E-state index is -0.657. The third-order valence-corrected chi connectivity index (χ3v) is 5.96. The molecule has 5 rings (SSSR count). The molecule has 0 bridgehead atoms. The van der Waals surface area contributed by atoms with Crippen LogP contribution in [0.15, 0.2) is 71.5 Å². The van der Waals surface area contributed by atoms with Crippen LogP contribution in [0.3, 0.4) is 0 Å². The van der Waals surface area contributed by atoms with Gasteiger partial charge in [-0.15, -0.1) is 0 Å². The number of aliphatic hydroxyl groups excluding tert-OH is 1. The van der Waals surface area contributed by atoms with Gasteiger partial charge in [0, 0.05) is 53.8 Å². The van der Waals surface area contributed by atoms with Gasteiger partial charge >= 0.3 is 0 Å². The first-order chi connectivity index (χ1) is 17.6. The molecule has 8 nitrogen and oxygen atoms in total. The fraction of sp³-hybridized carbons (Fsp3) is 0.250. The maximum absolute atomic E-state index is 12.6. The molecule has 182 valence electrons. The van der Waals surface area contributed by atoms with Crippen LogP contribution in [0.4, 0.5) is 0 Å². The number of carbonyl (C=O) groups is 1. The molecule has 1 saturated heterocycles. The fourth-order valence-corrected chi connectivity index (χ4v) is 4.03. The molecule has 1 aliphatic heterocycles. The number of nitrogens with zero attached hydrogens (tertiary/aromatic N) is 4. The summed E-state index contributed by atoms with van der Waals surface area (Å²) in [6.07, 6.45) is 2.80. The predicted molar refractivity (Wildman–Crippen MR) is 133 cm³/mol. The molecule has 0 saturated carbocycles. The molecule has 1 aliphatic rings. The van der Waals surface area contributed by atoms with Crippen molar-refractivity contribution < 1.29 is 19.2 Å². The van der Waals surface area contributed by atoms with Crippen molar-refractivity contribution in [2.75, 3.05) is 26.3 Å². The second kappa shape index (κ2) is 10.6. The van der Waals surface area contributed by atoms with Gasteiger partial charge in [0.05, 0.1) is 19.8 Å². The van der Waals surface area contributed by atoms with Crippen LogP contribution in [0.25, 0.3) is 11.3 Å². The number of imidazole rings is 1. The molecule has 8 heteroatoms. The van der Waals surface area contributed by atoms with E-state index in [9.17, 15) is 9.90 Å². The van der Waals surface area contributed by atoms with Crippen LogP contribution < -0.4 is 0 Å². The van der Waals surface area contributed by atoms with Gasteiger partial charge < -0.3 is 23.8 Å². The SMILES string of the molecule is C[C@H](O)c1nccn1Cc1cc(-c2ccc(C#Cc3ccc(C(=O)N4CCOCC4)cc3)cc2)on1. The Labute approximate surface area is 209 Å². The molecule has 1 atom stereocenters. The van der Waals surface area contributed by atoms with E-state index in [1.807, 2.05) is 64.1 Å². The molecule has 1 N–H and O–H groups in total. The Hall–Kier alpha value is -4.19. The fourth-order valence-electron chi connectivity index (χ4n) is 4.03. The molecule has 4 aromatic rings. The summed E-state index contributed by atoms with van der Waals surface area (Å²) in [5.74, 6) is 7.58. The lowest BCUT2D eigenvalue weighted by atomic mass is 10.1. The molecule has 3 heterocycles. The number of morpholine rings is 1. The van der Waals surface area contributed by atoms with Gasteiger partial charge in [0.2, 0.25) is 0 Å². The van der Waals surface area contributed by atoms with E-state index in [4.69, 9.17) is 9.26 Å². The summed E-state index contributed by atoms with van der Waals surface area (Å²) in [6, 6.07) is 17.0. The summed E-state index contributed by atoms with van der Waals surface area (Å²) in [6.45, 7) is 4.56. The normalized spacial score (nSPS) is 14.2. The van der Waals surface area contributed by atoms with Crippen LogP contribution in [-0.2, 0) is 11.3 Å². The van der Waals surface area contributed by atoms with Gasteiger partial charge in [0.15, 0.2) is 5.76 Å². The van der Waals surface area contributed by atoms with E-state index < -0.39 is 6.10 Å². The Morgan fingerprint density at radius 3 is 2.39 bits per heavy atom. The molecule has 2 aromatic heterocycles. The molecule has 0 radical (unpaired) electrons. The minimum absolute atomic E-state index is 0.0254. The van der Waals surface area contributed by atoms with Gasteiger partial charge in [-0.3, -0.25) is 4.79 Å². The third kappa shape index (κ3) is 5.38. The number of aromatic nitrogens is 3. The molecule has 0 spiro atoms. The molecular weight excluding hydrogens is 456 g/mol. The Bertz CT molecular complexity index is 1390. The van der Waals surface area contributed by atoms with E-state index >= 15 is 0 Å². The lowest BCUT2D eigenvalue weighted by molar-refractivity contribution is 0.0303. The molecule has 1 amide bonds. The number of benzene rings is 2. The Balaban J connectivity index is 1.22. The second-order valence-electron chi connectivity index (χ2n) is 8.58. The van der Waals surface area contributed by atoms with Crippen molar-refractivity contribution in [3.8, 4) is 23.2 Å². The van der Waals surface area contributed by atoms with Crippen molar-refractivity contribution in [1.29, 1.82) is 0 Å². The molecule has 2 aromatic carbocycles. The standard InChI is InChI=1S/C28H26N4O4/c1-20(33)27-29-12-13-32(27)19-25-18-26(36-30-25)23-8-4-21(5-9-23)2-3-22-6-10-24(11-7-22)28(34)31-14-16-35-17-15-31/h4-13,18,20,33H,14-17,19H2,1H3/t20-/m0/s1. The zero-order valence-corrected chi connectivity index (χ0v) is 19.9. The average Bonchev–Trinajstić information content (AvgIpc) is 3.58. The molecule has 0 aliphatic carbocycles. The summed E-state index contributed by atoms with van der Waals surface area (Å²) in [7, 11) is 0. The van der Waals surface area contributed by atoms with Crippen molar-refractivity contribution >= 4 is 5.91 Å². The first-order valence-electron chi connectivity index (χ1n) is 11.8. The topological polar surface area (TPSA) is 93.6 Å². The summed E-state index contributed by atoms with van der Waals surface area (Å²) in [5.41, 5.74) is 4.00. The van der Waals surface area contributed by atoms with Crippen molar-refractivity contribution in [2.24, 2.45) is 0 Å². The van der Waals surface area contributed by atoms with Crippen molar-refractivity contribution in [1.82, 2.24) is 19.6 Å². The van der Waals surface area contributed by atoms with Crippen molar-refractivity contribution in [2.45, 2.75) is 19.6 Å². The summed E-state index contributed by atoms with van der Waals surface area (Å²) < 4.78 is 12.7. The zero-order valence-electron chi connectivity index (χ0n) is 19.9. The Kier molecular flexibility index (Phi) is 6.94. The third-order valence-electron chi connectivity index (χ3n) is 5.96. The highest BCUT2D eigenvalue weighted by molar-refractivity contribution is 5.94. The van der Waals surface area contributed by atoms with Crippen LogP contribution in [0.2, 0.25) is 0 Å². The number of rotatable bonds is 5. The van der Waals surface area contributed by atoms with Crippen LogP contribution >= 0.6 is 0 Å². The van der Waals surface area contributed by atoms with E-state index in [2.05, 4.69) is 22.0 Å². The lowest BCUT2D eigenvalue weighted by Gasteiger charge is -2.26. The first-order valence-corrected chi connectivity index (χ1v) is 11.8. The maximum atomic E-state index is 12.6. The van der Waals surface area contributed by atoms with Gasteiger partial charge in [-0.2, -0.15) is 0 Å². The highest BCUT2D eigenvalue weighted by Crippen LogP contribution is 2.22. The Morgan fingerprint density at radius 2 is 1.72 bits per heavy atom. The predicted octanol–water partition coefficient (Wildman–Crippen LogP) is 3.51. The second-order valence-corrected chi connectivity index (χ2v) is 8.58. The average molecular weight is 483 g/mol. The molecular formula is C28H26N4O4. The Morgan fingerprint density at radius 1 is 1.06 bits per heavy atom. The molecule has 0 unspecified atom stereocenters. The minimum Gasteiger partial charge on any atom is -0.385 e. The van der Waals surface area contributed by atoms with E-state index in [0.29, 0.717) is 50.0 Å². The number of amides is 1. The monoisotopic (exact) mass is 482 g/mol. The summed E-state index contributed by atoms with van der Waals surface area (Å²) in [5, 5.41) is 14.0. The van der Waals surface area contributed by atoms with Crippen LogP contribution in [0, 0.1) is 11.8 Å². The highest BCUT2D eigenvalue weighted by atomic mass is 16.5. The number of carbonyl (C=O) groups excluding carboxylic acids is 1. The maximum Gasteiger partial charge on any atom is 0.254 e.